The maximum atomic E-state index is 12.1. The van der Waals surface area contributed by atoms with Crippen molar-refractivity contribution in [3.05, 3.63) is 29.3 Å². The van der Waals surface area contributed by atoms with E-state index in [1.54, 1.807) is 7.11 Å². The van der Waals surface area contributed by atoms with Gasteiger partial charge in [0.1, 0.15) is 5.75 Å². The van der Waals surface area contributed by atoms with E-state index in [1.165, 1.54) is 30.5 Å². The number of methoxy groups -OCH3 is 1. The van der Waals surface area contributed by atoms with E-state index in [0.717, 1.165) is 57.0 Å². The standard InChI is InChI=1S/C21H30N2O2/c1-25-17-6-5-16-11-19-21(24)7-2-9-22-14-20(21,18(16)12-17)8-10-23(19)13-15-3-4-15/h5-6,12,15,19,22,24H,2-4,7-11,13-14H2,1H3. The number of benzene rings is 1. The van der Waals surface area contributed by atoms with Crippen molar-refractivity contribution < 1.29 is 9.84 Å². The third-order valence-electron chi connectivity index (χ3n) is 7.42. The fraction of sp³-hybridized carbons (Fsp3) is 0.714. The van der Waals surface area contributed by atoms with E-state index < -0.39 is 5.60 Å². The quantitative estimate of drug-likeness (QED) is 0.883. The van der Waals surface area contributed by atoms with Crippen LogP contribution in [0.5, 0.6) is 5.75 Å². The second kappa shape index (κ2) is 5.70. The molecule has 2 aliphatic carbocycles. The maximum Gasteiger partial charge on any atom is 0.119 e. The third kappa shape index (κ3) is 2.30. The van der Waals surface area contributed by atoms with Crippen LogP contribution < -0.4 is 10.1 Å². The van der Waals surface area contributed by atoms with Crippen LogP contribution in [0.4, 0.5) is 0 Å². The van der Waals surface area contributed by atoms with Gasteiger partial charge < -0.3 is 15.2 Å². The normalized spacial score (nSPS) is 37.8. The Morgan fingerprint density at radius 2 is 2.20 bits per heavy atom. The molecule has 2 heterocycles. The molecular weight excluding hydrogens is 312 g/mol. The number of aliphatic hydroxyl groups is 1. The summed E-state index contributed by atoms with van der Waals surface area (Å²) in [4.78, 5) is 2.63. The van der Waals surface area contributed by atoms with E-state index >= 15 is 0 Å². The molecule has 2 aliphatic heterocycles. The van der Waals surface area contributed by atoms with Gasteiger partial charge in [0.15, 0.2) is 0 Å². The molecule has 2 saturated heterocycles. The molecule has 4 aliphatic rings. The summed E-state index contributed by atoms with van der Waals surface area (Å²) < 4.78 is 5.53. The maximum absolute atomic E-state index is 12.1. The molecule has 2 N–H and O–H groups in total. The summed E-state index contributed by atoms with van der Waals surface area (Å²) in [6.07, 6.45) is 6.74. The van der Waals surface area contributed by atoms with E-state index in [0.29, 0.717) is 0 Å². The highest BCUT2D eigenvalue weighted by Gasteiger charge is 2.62. The van der Waals surface area contributed by atoms with Gasteiger partial charge in [-0.25, -0.2) is 0 Å². The van der Waals surface area contributed by atoms with Gasteiger partial charge in [0, 0.05) is 24.5 Å². The molecule has 5 rings (SSSR count). The van der Waals surface area contributed by atoms with Crippen molar-refractivity contribution in [2.45, 2.75) is 55.6 Å². The van der Waals surface area contributed by atoms with Crippen LogP contribution in [0.3, 0.4) is 0 Å². The van der Waals surface area contributed by atoms with Crippen LogP contribution in [0.25, 0.3) is 0 Å². The van der Waals surface area contributed by atoms with E-state index in [1.807, 2.05) is 0 Å². The summed E-state index contributed by atoms with van der Waals surface area (Å²) in [6.45, 7) is 4.19. The van der Waals surface area contributed by atoms with E-state index in [9.17, 15) is 5.11 Å². The Bertz CT molecular complexity index is 674. The lowest BCUT2D eigenvalue weighted by molar-refractivity contribution is -0.147. The van der Waals surface area contributed by atoms with Crippen LogP contribution in [0, 0.1) is 5.92 Å². The van der Waals surface area contributed by atoms with Crippen molar-refractivity contribution in [2.24, 2.45) is 5.92 Å². The summed E-state index contributed by atoms with van der Waals surface area (Å²) in [6, 6.07) is 6.81. The average molecular weight is 342 g/mol. The molecule has 1 saturated carbocycles. The predicted molar refractivity (Wildman–Crippen MR) is 98.1 cm³/mol. The van der Waals surface area contributed by atoms with Gasteiger partial charge in [0.05, 0.1) is 12.7 Å². The Morgan fingerprint density at radius 3 is 3.00 bits per heavy atom. The molecule has 4 heteroatoms. The summed E-state index contributed by atoms with van der Waals surface area (Å²) in [5, 5.41) is 15.8. The number of piperidine rings is 1. The largest absolute Gasteiger partial charge is 0.497 e. The number of hydrogen-bond acceptors (Lipinski definition) is 4. The van der Waals surface area contributed by atoms with Gasteiger partial charge >= 0.3 is 0 Å². The highest BCUT2D eigenvalue weighted by molar-refractivity contribution is 5.48. The Balaban J connectivity index is 1.64. The van der Waals surface area contributed by atoms with Gasteiger partial charge in [-0.3, -0.25) is 4.90 Å². The van der Waals surface area contributed by atoms with Crippen molar-refractivity contribution in [3.63, 3.8) is 0 Å². The molecule has 0 aromatic heterocycles. The first-order chi connectivity index (χ1) is 12.2. The predicted octanol–water partition coefficient (Wildman–Crippen LogP) is 2.09. The molecular formula is C21H30N2O2. The van der Waals surface area contributed by atoms with Gasteiger partial charge in [-0.1, -0.05) is 6.07 Å². The highest BCUT2D eigenvalue weighted by Crippen LogP contribution is 2.54. The van der Waals surface area contributed by atoms with Gasteiger partial charge in [0.25, 0.3) is 0 Å². The first-order valence-corrected chi connectivity index (χ1v) is 10.0. The van der Waals surface area contributed by atoms with Crippen molar-refractivity contribution in [3.8, 4) is 5.75 Å². The minimum Gasteiger partial charge on any atom is -0.497 e. The number of likely N-dealkylation sites (tertiary alicyclic amines) is 1. The Morgan fingerprint density at radius 1 is 1.32 bits per heavy atom. The molecule has 4 nitrogen and oxygen atoms in total. The number of nitrogens with one attached hydrogen (secondary N) is 1. The van der Waals surface area contributed by atoms with Crippen molar-refractivity contribution in [2.75, 3.05) is 33.3 Å². The summed E-state index contributed by atoms with van der Waals surface area (Å²) >= 11 is 0. The molecule has 3 fully saturated rings. The SMILES string of the molecule is COc1ccc2c(c1)C13CCN(CC4CC4)C(C2)C1(O)CCCNC3. The summed E-state index contributed by atoms with van der Waals surface area (Å²) in [7, 11) is 1.74. The van der Waals surface area contributed by atoms with E-state index in [2.05, 4.69) is 28.4 Å². The zero-order chi connectivity index (χ0) is 17.1. The lowest BCUT2D eigenvalue weighted by atomic mass is 9.53. The molecule has 1 aromatic rings. The van der Waals surface area contributed by atoms with Crippen LogP contribution in [-0.2, 0) is 11.8 Å². The highest BCUT2D eigenvalue weighted by atomic mass is 16.5. The lowest BCUT2D eigenvalue weighted by Crippen LogP contribution is -2.73. The molecule has 0 amide bonds. The van der Waals surface area contributed by atoms with Crippen molar-refractivity contribution >= 4 is 0 Å². The first kappa shape index (κ1) is 16.1. The van der Waals surface area contributed by atoms with Crippen LogP contribution in [-0.4, -0.2) is 54.9 Å². The topological polar surface area (TPSA) is 44.7 Å². The van der Waals surface area contributed by atoms with Crippen LogP contribution >= 0.6 is 0 Å². The zero-order valence-electron chi connectivity index (χ0n) is 15.3. The molecule has 3 atom stereocenters. The van der Waals surface area contributed by atoms with Crippen molar-refractivity contribution in [1.82, 2.24) is 10.2 Å². The van der Waals surface area contributed by atoms with Gasteiger partial charge in [-0.15, -0.1) is 0 Å². The third-order valence-corrected chi connectivity index (χ3v) is 7.42. The van der Waals surface area contributed by atoms with E-state index in [4.69, 9.17) is 4.74 Å². The molecule has 0 spiro atoms. The van der Waals surface area contributed by atoms with Gasteiger partial charge in [0.2, 0.25) is 0 Å². The number of hydrogen-bond donors (Lipinski definition) is 2. The number of nitrogens with zero attached hydrogens (tertiary/aromatic N) is 1. The second-order valence-electron chi connectivity index (χ2n) is 8.72. The molecule has 1 aromatic carbocycles. The molecule has 136 valence electrons. The zero-order valence-corrected chi connectivity index (χ0v) is 15.3. The van der Waals surface area contributed by atoms with Crippen LogP contribution in [0.1, 0.15) is 43.2 Å². The molecule has 0 radical (unpaired) electrons. The van der Waals surface area contributed by atoms with Crippen LogP contribution in [0.2, 0.25) is 0 Å². The monoisotopic (exact) mass is 342 g/mol. The van der Waals surface area contributed by atoms with Gasteiger partial charge in [-0.2, -0.15) is 0 Å². The second-order valence-corrected chi connectivity index (χ2v) is 8.72. The Kier molecular flexibility index (Phi) is 3.67. The van der Waals surface area contributed by atoms with E-state index in [-0.39, 0.29) is 11.5 Å². The minimum atomic E-state index is -0.622. The average Bonchev–Trinajstić information content (AvgIpc) is 3.44. The summed E-state index contributed by atoms with van der Waals surface area (Å²) in [5.74, 6) is 1.79. The Labute approximate surface area is 150 Å². The number of fused-ring (bicyclic) bond motifs is 1. The minimum absolute atomic E-state index is 0.170. The number of rotatable bonds is 3. The lowest BCUT2D eigenvalue weighted by Gasteiger charge is -2.61. The fourth-order valence-corrected chi connectivity index (χ4v) is 5.89. The first-order valence-electron chi connectivity index (χ1n) is 10.0. The Hall–Kier alpha value is -1.10. The number of ether oxygens (including phenoxy) is 1. The summed E-state index contributed by atoms with van der Waals surface area (Å²) in [5.41, 5.74) is 1.96. The molecule has 2 bridgehead atoms. The van der Waals surface area contributed by atoms with Crippen molar-refractivity contribution in [1.29, 1.82) is 0 Å². The fourth-order valence-electron chi connectivity index (χ4n) is 5.89. The molecule has 25 heavy (non-hydrogen) atoms. The smallest absolute Gasteiger partial charge is 0.119 e. The van der Waals surface area contributed by atoms with Crippen LogP contribution in [0.15, 0.2) is 18.2 Å². The molecule has 3 unspecified atom stereocenters. The van der Waals surface area contributed by atoms with Gasteiger partial charge in [-0.05, 0) is 80.8 Å².